The van der Waals surface area contributed by atoms with Gasteiger partial charge in [-0.25, -0.2) is 0 Å². The van der Waals surface area contributed by atoms with Crippen LogP contribution in [0.25, 0.3) is 0 Å². The fourth-order valence-electron chi connectivity index (χ4n) is 0.473. The SMILES string of the molecule is CC(C)(C)OCCSC([O-])=S.[K+]. The molecule has 0 saturated heterocycles. The molecule has 0 aromatic rings. The minimum absolute atomic E-state index is 0. The molecule has 12 heavy (non-hydrogen) atoms. The maximum Gasteiger partial charge on any atom is 1.00 e. The molecule has 0 rings (SSSR count). The third kappa shape index (κ3) is 14.4. The van der Waals surface area contributed by atoms with Crippen LogP contribution in [0, 0.1) is 0 Å². The molecule has 5 heteroatoms. The number of thiocarbonyl (C=S) groups is 1. The van der Waals surface area contributed by atoms with Gasteiger partial charge >= 0.3 is 51.4 Å². The van der Waals surface area contributed by atoms with Crippen molar-refractivity contribution >= 4 is 28.4 Å². The second-order valence-electron chi connectivity index (χ2n) is 3.06. The standard InChI is InChI=1S/C7H14O2S2.K/c1-7(2,3)9-4-5-11-6(8)10;/h4-5H2,1-3H3,(H,8,10);/q;+1/p-1. The Morgan fingerprint density at radius 3 is 2.33 bits per heavy atom. The molecular weight excluding hydrogens is 219 g/mol. The number of ether oxygens (including phenoxy) is 1. The first-order valence-electron chi connectivity index (χ1n) is 3.39. The summed E-state index contributed by atoms with van der Waals surface area (Å²) in [5.74, 6) is 0.652. The summed E-state index contributed by atoms with van der Waals surface area (Å²) in [5.41, 5.74) is -0.120. The van der Waals surface area contributed by atoms with Gasteiger partial charge < -0.3 is 9.84 Å². The van der Waals surface area contributed by atoms with E-state index < -0.39 is 0 Å². The molecular formula is C7H13KO2S2. The number of hydrogen-bond acceptors (Lipinski definition) is 4. The number of rotatable bonds is 3. The van der Waals surface area contributed by atoms with Crippen LogP contribution in [-0.4, -0.2) is 22.3 Å². The van der Waals surface area contributed by atoms with Crippen molar-refractivity contribution in [1.82, 2.24) is 0 Å². The molecule has 0 aromatic carbocycles. The van der Waals surface area contributed by atoms with Gasteiger partial charge in [-0.2, -0.15) is 0 Å². The summed E-state index contributed by atoms with van der Waals surface area (Å²) in [6, 6.07) is 0. The van der Waals surface area contributed by atoms with Crippen LogP contribution in [0.5, 0.6) is 0 Å². The Bertz CT molecular complexity index is 134. The van der Waals surface area contributed by atoms with E-state index in [9.17, 15) is 5.11 Å². The smallest absolute Gasteiger partial charge is 0.860 e. The van der Waals surface area contributed by atoms with Gasteiger partial charge in [0, 0.05) is 5.75 Å². The molecule has 0 amide bonds. The second kappa shape index (κ2) is 8.17. The van der Waals surface area contributed by atoms with Gasteiger partial charge in [0.05, 0.1) is 12.2 Å². The van der Waals surface area contributed by atoms with Crippen molar-refractivity contribution in [3.05, 3.63) is 0 Å². The Hall–Kier alpha value is 1.84. The van der Waals surface area contributed by atoms with Gasteiger partial charge in [-0.05, 0) is 25.2 Å². The van der Waals surface area contributed by atoms with Crippen molar-refractivity contribution in [1.29, 1.82) is 0 Å². The van der Waals surface area contributed by atoms with Crippen LogP contribution in [0.2, 0.25) is 0 Å². The molecule has 66 valence electrons. The van der Waals surface area contributed by atoms with Gasteiger partial charge in [0.2, 0.25) is 0 Å². The van der Waals surface area contributed by atoms with E-state index in [0.29, 0.717) is 12.4 Å². The van der Waals surface area contributed by atoms with Crippen molar-refractivity contribution in [2.75, 3.05) is 12.4 Å². The van der Waals surface area contributed by atoms with Crippen LogP contribution < -0.4 is 56.5 Å². The molecule has 0 aliphatic heterocycles. The van der Waals surface area contributed by atoms with Gasteiger partial charge in [0.25, 0.3) is 0 Å². The molecule has 2 nitrogen and oxygen atoms in total. The second-order valence-corrected chi connectivity index (χ2v) is 4.76. The molecule has 0 spiro atoms. The summed E-state index contributed by atoms with van der Waals surface area (Å²) >= 11 is 5.48. The van der Waals surface area contributed by atoms with Gasteiger partial charge in [-0.3, -0.25) is 0 Å². The molecule has 0 aliphatic carbocycles. The van der Waals surface area contributed by atoms with Crippen molar-refractivity contribution in [3.63, 3.8) is 0 Å². The molecule has 0 saturated carbocycles. The van der Waals surface area contributed by atoms with Gasteiger partial charge in [0.15, 0.2) is 0 Å². The predicted molar refractivity (Wildman–Crippen MR) is 50.8 cm³/mol. The van der Waals surface area contributed by atoms with Gasteiger partial charge in [-0.15, -0.1) is 11.8 Å². The summed E-state index contributed by atoms with van der Waals surface area (Å²) in [6.07, 6.45) is 0. The van der Waals surface area contributed by atoms with Crippen molar-refractivity contribution in [3.8, 4) is 0 Å². The van der Waals surface area contributed by atoms with Gasteiger partial charge in [0.1, 0.15) is 0 Å². The van der Waals surface area contributed by atoms with E-state index in [1.54, 1.807) is 0 Å². The summed E-state index contributed by atoms with van der Waals surface area (Å²) in [4.78, 5) is 0. The molecule has 0 aliphatic rings. The Morgan fingerprint density at radius 2 is 2.00 bits per heavy atom. The predicted octanol–water partition coefficient (Wildman–Crippen LogP) is -1.82. The molecule has 0 radical (unpaired) electrons. The van der Waals surface area contributed by atoms with E-state index in [4.69, 9.17) is 4.74 Å². The maximum absolute atomic E-state index is 10.3. The first-order valence-corrected chi connectivity index (χ1v) is 4.79. The third-order valence-corrected chi connectivity index (χ3v) is 1.80. The normalized spacial score (nSPS) is 10.6. The third-order valence-electron chi connectivity index (χ3n) is 0.838. The molecule has 0 N–H and O–H groups in total. The Balaban J connectivity index is 0. The zero-order valence-corrected chi connectivity index (χ0v) is 12.8. The Kier molecular flexibility index (Phi) is 11.1. The number of thioether (sulfide) groups is 1. The van der Waals surface area contributed by atoms with Crippen molar-refractivity contribution in [2.24, 2.45) is 0 Å². The monoisotopic (exact) mass is 232 g/mol. The summed E-state index contributed by atoms with van der Waals surface area (Å²) in [6.45, 7) is 6.52. The zero-order valence-electron chi connectivity index (χ0n) is 8.05. The summed E-state index contributed by atoms with van der Waals surface area (Å²) in [5, 5.41) is 10.3. The van der Waals surface area contributed by atoms with E-state index in [2.05, 4.69) is 12.2 Å². The van der Waals surface area contributed by atoms with Crippen LogP contribution >= 0.6 is 24.0 Å². The Labute approximate surface area is 126 Å². The summed E-state index contributed by atoms with van der Waals surface area (Å²) in [7, 11) is 0. The minimum Gasteiger partial charge on any atom is -0.860 e. The van der Waals surface area contributed by atoms with Gasteiger partial charge in [-0.1, -0.05) is 12.2 Å². The molecule has 0 bridgehead atoms. The molecule has 0 fully saturated rings. The van der Waals surface area contributed by atoms with Crippen molar-refractivity contribution < 1.29 is 61.2 Å². The Morgan fingerprint density at radius 1 is 1.50 bits per heavy atom. The molecule has 0 unspecified atom stereocenters. The molecule has 0 atom stereocenters. The molecule has 0 aromatic heterocycles. The zero-order chi connectivity index (χ0) is 8.91. The minimum atomic E-state index is -0.262. The average molecular weight is 232 g/mol. The average Bonchev–Trinajstić information content (AvgIpc) is 1.78. The van der Waals surface area contributed by atoms with E-state index >= 15 is 0 Å². The first-order chi connectivity index (χ1) is 4.92. The fraction of sp³-hybridized carbons (Fsp3) is 0.857. The van der Waals surface area contributed by atoms with Crippen LogP contribution in [0.3, 0.4) is 0 Å². The van der Waals surface area contributed by atoms with Crippen molar-refractivity contribution in [2.45, 2.75) is 26.4 Å². The van der Waals surface area contributed by atoms with E-state index in [1.165, 1.54) is 0 Å². The van der Waals surface area contributed by atoms with Crippen LogP contribution in [0.4, 0.5) is 0 Å². The van der Waals surface area contributed by atoms with E-state index in [-0.39, 0.29) is 61.4 Å². The van der Waals surface area contributed by atoms with Crippen LogP contribution in [0.15, 0.2) is 0 Å². The first kappa shape index (κ1) is 16.3. The van der Waals surface area contributed by atoms with E-state index in [1.807, 2.05) is 20.8 Å². The quantitative estimate of drug-likeness (QED) is 0.326. The largest absolute Gasteiger partial charge is 1.00 e. The van der Waals surface area contributed by atoms with Crippen LogP contribution in [-0.2, 0) is 4.74 Å². The molecule has 0 heterocycles. The maximum atomic E-state index is 10.3. The van der Waals surface area contributed by atoms with E-state index in [0.717, 1.165) is 11.8 Å². The topological polar surface area (TPSA) is 32.3 Å². The van der Waals surface area contributed by atoms with Crippen LogP contribution in [0.1, 0.15) is 20.8 Å². The summed E-state index contributed by atoms with van der Waals surface area (Å²) < 4.78 is 5.10. The number of hydrogen-bond donors (Lipinski definition) is 0. The fourth-order valence-corrected chi connectivity index (χ4v) is 1.06.